The number of nitrogens with one attached hydrogen (secondary N) is 1. The number of rotatable bonds is 4. The summed E-state index contributed by atoms with van der Waals surface area (Å²) in [6, 6.07) is -0.881. The first-order valence-electron chi connectivity index (χ1n) is 4.21. The van der Waals surface area contributed by atoms with E-state index >= 15 is 0 Å². The smallest absolute Gasteiger partial charge is 0.239 e. The van der Waals surface area contributed by atoms with Crippen LogP contribution in [0.4, 0.5) is 0 Å². The molecule has 0 radical (unpaired) electrons. The lowest BCUT2D eigenvalue weighted by atomic mass is 10.0. The molecule has 0 saturated carbocycles. The van der Waals surface area contributed by atoms with Crippen LogP contribution in [0.15, 0.2) is 0 Å². The van der Waals surface area contributed by atoms with Gasteiger partial charge in [0, 0.05) is 12.0 Å². The van der Waals surface area contributed by atoms with Gasteiger partial charge in [0.2, 0.25) is 11.8 Å². The Kier molecular flexibility index (Phi) is 4.40. The number of nitrogens with two attached hydrogens (primary N) is 2. The first kappa shape index (κ1) is 11.9. The number of amides is 2. The number of carbonyl (C=O) groups excluding carboxylic acids is 2. The van der Waals surface area contributed by atoms with Crippen LogP contribution >= 0.6 is 0 Å². The van der Waals surface area contributed by atoms with Crippen molar-refractivity contribution in [3.05, 3.63) is 0 Å². The zero-order valence-electron chi connectivity index (χ0n) is 8.20. The van der Waals surface area contributed by atoms with Crippen molar-refractivity contribution in [2.24, 2.45) is 17.4 Å². The molecule has 0 bridgehead atoms. The number of carbonyl (C=O) groups is 2. The number of hydrogen-bond donors (Lipinski definition) is 3. The van der Waals surface area contributed by atoms with E-state index in [-0.39, 0.29) is 17.9 Å². The van der Waals surface area contributed by atoms with Crippen LogP contribution < -0.4 is 16.8 Å². The van der Waals surface area contributed by atoms with Crippen LogP contribution in [0.5, 0.6) is 0 Å². The van der Waals surface area contributed by atoms with Gasteiger partial charge in [0.1, 0.15) is 6.04 Å². The molecule has 0 spiro atoms. The van der Waals surface area contributed by atoms with Gasteiger partial charge in [-0.05, 0) is 13.8 Å². The first-order valence-corrected chi connectivity index (χ1v) is 4.21. The third kappa shape index (κ3) is 3.89. The zero-order chi connectivity index (χ0) is 10.6. The SMILES string of the molecule is CC(NC(=O)C(C)C(C)N)C(N)=O. The van der Waals surface area contributed by atoms with Crippen LogP contribution in [0.2, 0.25) is 0 Å². The normalized spacial score (nSPS) is 17.2. The van der Waals surface area contributed by atoms with Gasteiger partial charge < -0.3 is 16.8 Å². The van der Waals surface area contributed by atoms with E-state index in [1.54, 1.807) is 13.8 Å². The topological polar surface area (TPSA) is 98.2 Å². The summed E-state index contributed by atoms with van der Waals surface area (Å²) in [6.07, 6.45) is 0. The Labute approximate surface area is 77.8 Å². The third-order valence-corrected chi connectivity index (χ3v) is 1.99. The second-order valence-corrected chi connectivity index (χ2v) is 3.28. The Morgan fingerprint density at radius 3 is 2.00 bits per heavy atom. The van der Waals surface area contributed by atoms with Crippen molar-refractivity contribution in [1.82, 2.24) is 5.32 Å². The second-order valence-electron chi connectivity index (χ2n) is 3.28. The molecule has 0 saturated heterocycles. The van der Waals surface area contributed by atoms with Gasteiger partial charge in [0.25, 0.3) is 0 Å². The Hall–Kier alpha value is -1.10. The van der Waals surface area contributed by atoms with E-state index in [1.165, 1.54) is 6.92 Å². The fraction of sp³-hybridized carbons (Fsp3) is 0.750. The molecule has 0 aromatic heterocycles. The van der Waals surface area contributed by atoms with E-state index in [1.807, 2.05) is 0 Å². The molecule has 0 aliphatic heterocycles. The average molecular weight is 187 g/mol. The Morgan fingerprint density at radius 2 is 1.69 bits per heavy atom. The van der Waals surface area contributed by atoms with Gasteiger partial charge in [-0.15, -0.1) is 0 Å². The maximum atomic E-state index is 11.3. The van der Waals surface area contributed by atoms with E-state index in [2.05, 4.69) is 5.32 Å². The molecular weight excluding hydrogens is 170 g/mol. The second kappa shape index (κ2) is 4.81. The number of hydrogen-bond acceptors (Lipinski definition) is 3. The molecule has 0 aromatic carbocycles. The summed E-state index contributed by atoms with van der Waals surface area (Å²) in [4.78, 5) is 21.9. The van der Waals surface area contributed by atoms with Gasteiger partial charge >= 0.3 is 0 Å². The summed E-state index contributed by atoms with van der Waals surface area (Å²) in [5.74, 6) is -1.12. The quantitative estimate of drug-likeness (QED) is 0.524. The van der Waals surface area contributed by atoms with Crippen molar-refractivity contribution in [3.8, 4) is 0 Å². The summed E-state index contributed by atoms with van der Waals surface area (Å²) >= 11 is 0. The Morgan fingerprint density at radius 1 is 1.23 bits per heavy atom. The Balaban J connectivity index is 4.08. The van der Waals surface area contributed by atoms with Crippen LogP contribution in [0.3, 0.4) is 0 Å². The minimum atomic E-state index is -0.645. The van der Waals surface area contributed by atoms with E-state index in [0.717, 1.165) is 0 Å². The van der Waals surface area contributed by atoms with Crippen LogP contribution in [-0.2, 0) is 9.59 Å². The standard InChI is InChI=1S/C8H17N3O2/c1-4(5(2)9)8(13)11-6(3)7(10)12/h4-6H,9H2,1-3H3,(H2,10,12)(H,11,13). The van der Waals surface area contributed by atoms with Crippen molar-refractivity contribution < 1.29 is 9.59 Å². The highest BCUT2D eigenvalue weighted by molar-refractivity contribution is 5.87. The maximum absolute atomic E-state index is 11.3. The van der Waals surface area contributed by atoms with Gasteiger partial charge in [-0.3, -0.25) is 9.59 Å². The van der Waals surface area contributed by atoms with Gasteiger partial charge in [-0.25, -0.2) is 0 Å². The summed E-state index contributed by atoms with van der Waals surface area (Å²) < 4.78 is 0. The van der Waals surface area contributed by atoms with Crippen LogP contribution in [-0.4, -0.2) is 23.9 Å². The highest BCUT2D eigenvalue weighted by Gasteiger charge is 2.20. The number of primary amides is 1. The minimum Gasteiger partial charge on any atom is -0.368 e. The lowest BCUT2D eigenvalue weighted by Gasteiger charge is -2.17. The van der Waals surface area contributed by atoms with Gasteiger partial charge in [0.05, 0.1) is 0 Å². The fourth-order valence-corrected chi connectivity index (χ4v) is 0.655. The molecule has 0 aliphatic rings. The van der Waals surface area contributed by atoms with Crippen LogP contribution in [0, 0.1) is 5.92 Å². The lowest BCUT2D eigenvalue weighted by molar-refractivity contribution is -0.129. The van der Waals surface area contributed by atoms with Gasteiger partial charge in [0.15, 0.2) is 0 Å². The van der Waals surface area contributed by atoms with E-state index in [9.17, 15) is 9.59 Å². The summed E-state index contributed by atoms with van der Waals surface area (Å²) in [5.41, 5.74) is 10.5. The monoisotopic (exact) mass is 187 g/mol. The molecule has 0 fully saturated rings. The van der Waals surface area contributed by atoms with Crippen LogP contribution in [0.1, 0.15) is 20.8 Å². The molecule has 5 nitrogen and oxygen atoms in total. The molecule has 0 heterocycles. The minimum absolute atomic E-state index is 0.236. The highest BCUT2D eigenvalue weighted by atomic mass is 16.2. The molecule has 0 rings (SSSR count). The molecule has 76 valence electrons. The first-order chi connectivity index (χ1) is 5.86. The zero-order valence-corrected chi connectivity index (χ0v) is 8.20. The summed E-state index contributed by atoms with van der Waals surface area (Å²) in [5, 5.41) is 2.47. The maximum Gasteiger partial charge on any atom is 0.239 e. The van der Waals surface area contributed by atoms with Crippen molar-refractivity contribution >= 4 is 11.8 Å². The average Bonchev–Trinajstić information content (AvgIpc) is 2.02. The van der Waals surface area contributed by atoms with E-state index < -0.39 is 11.9 Å². The fourth-order valence-electron chi connectivity index (χ4n) is 0.655. The third-order valence-electron chi connectivity index (χ3n) is 1.99. The molecule has 3 unspecified atom stereocenters. The van der Waals surface area contributed by atoms with Gasteiger partial charge in [-0.2, -0.15) is 0 Å². The molecule has 2 amide bonds. The van der Waals surface area contributed by atoms with Gasteiger partial charge in [-0.1, -0.05) is 6.92 Å². The van der Waals surface area contributed by atoms with Crippen molar-refractivity contribution in [1.29, 1.82) is 0 Å². The van der Waals surface area contributed by atoms with Crippen molar-refractivity contribution in [2.75, 3.05) is 0 Å². The largest absolute Gasteiger partial charge is 0.368 e. The molecule has 5 N–H and O–H groups in total. The summed E-state index contributed by atoms with van der Waals surface area (Å²) in [7, 11) is 0. The Bertz CT molecular complexity index is 204. The molecule has 0 aliphatic carbocycles. The predicted molar refractivity (Wildman–Crippen MR) is 49.6 cm³/mol. The predicted octanol–water partition coefficient (Wildman–Crippen LogP) is -1.04. The summed E-state index contributed by atoms with van der Waals surface area (Å²) in [6.45, 7) is 4.97. The molecule has 0 aromatic rings. The van der Waals surface area contributed by atoms with Crippen molar-refractivity contribution in [2.45, 2.75) is 32.9 Å². The van der Waals surface area contributed by atoms with Crippen molar-refractivity contribution in [3.63, 3.8) is 0 Å². The lowest BCUT2D eigenvalue weighted by Crippen LogP contribution is -2.47. The molecule has 13 heavy (non-hydrogen) atoms. The molecular formula is C8H17N3O2. The van der Waals surface area contributed by atoms with E-state index in [0.29, 0.717) is 0 Å². The highest BCUT2D eigenvalue weighted by Crippen LogP contribution is 1.99. The van der Waals surface area contributed by atoms with E-state index in [4.69, 9.17) is 11.5 Å². The van der Waals surface area contributed by atoms with Crippen LogP contribution in [0.25, 0.3) is 0 Å². The molecule has 3 atom stereocenters. The molecule has 5 heteroatoms.